The van der Waals surface area contributed by atoms with Gasteiger partial charge in [-0.2, -0.15) is 0 Å². The van der Waals surface area contributed by atoms with E-state index in [0.29, 0.717) is 18.5 Å². The average Bonchev–Trinajstić information content (AvgIpc) is 2.98. The van der Waals surface area contributed by atoms with Crippen molar-refractivity contribution in [2.45, 2.75) is 44.3 Å². The summed E-state index contributed by atoms with van der Waals surface area (Å²) >= 11 is 0. The fourth-order valence-electron chi connectivity index (χ4n) is 3.78. The van der Waals surface area contributed by atoms with Crippen molar-refractivity contribution in [1.82, 2.24) is 15.8 Å². The number of anilines is 1. The summed E-state index contributed by atoms with van der Waals surface area (Å²) in [6, 6.07) is 8.78. The van der Waals surface area contributed by atoms with Crippen LogP contribution in [0.15, 0.2) is 24.3 Å². The molecule has 5 heteroatoms. The van der Waals surface area contributed by atoms with Crippen LogP contribution in [0.2, 0.25) is 0 Å². The molecule has 2 aliphatic rings. The molecule has 3 unspecified atom stereocenters. The summed E-state index contributed by atoms with van der Waals surface area (Å²) in [5.74, 6) is 0.637. The number of nitrogens with zero attached hydrogens (tertiary/aromatic N) is 2. The molecular formula is C18H28N4O. The minimum absolute atomic E-state index is 0.0775. The van der Waals surface area contributed by atoms with E-state index in [1.807, 2.05) is 26.0 Å². The lowest BCUT2D eigenvalue weighted by Gasteiger charge is -2.29. The van der Waals surface area contributed by atoms with Gasteiger partial charge in [0.25, 0.3) is 0 Å². The van der Waals surface area contributed by atoms with Crippen LogP contribution in [0.4, 0.5) is 5.69 Å². The van der Waals surface area contributed by atoms with E-state index in [1.165, 1.54) is 24.9 Å². The molecule has 1 aliphatic heterocycles. The summed E-state index contributed by atoms with van der Waals surface area (Å²) in [5, 5.41) is 0. The van der Waals surface area contributed by atoms with E-state index in [1.54, 1.807) is 0 Å². The molecule has 1 aromatic rings. The van der Waals surface area contributed by atoms with E-state index < -0.39 is 0 Å². The number of amides is 1. The molecule has 1 aromatic carbocycles. The summed E-state index contributed by atoms with van der Waals surface area (Å²) in [4.78, 5) is 16.7. The second-order valence-electron chi connectivity index (χ2n) is 7.08. The zero-order chi connectivity index (χ0) is 16.4. The molecule has 23 heavy (non-hydrogen) atoms. The van der Waals surface area contributed by atoms with E-state index in [-0.39, 0.29) is 11.9 Å². The first-order chi connectivity index (χ1) is 11.1. The predicted octanol–water partition coefficient (Wildman–Crippen LogP) is 1.75. The molecule has 3 rings (SSSR count). The SMILES string of the molecule is CN(Cc1ccc(N(C)C)cc1)C(=O)C1NNC2CCCCC21. The van der Waals surface area contributed by atoms with Crippen LogP contribution in [-0.2, 0) is 11.3 Å². The van der Waals surface area contributed by atoms with Gasteiger partial charge in [-0.3, -0.25) is 10.2 Å². The third-order valence-electron chi connectivity index (χ3n) is 5.19. The number of nitrogens with one attached hydrogen (secondary N) is 2. The number of carbonyl (C=O) groups is 1. The van der Waals surface area contributed by atoms with Gasteiger partial charge in [0, 0.05) is 45.3 Å². The van der Waals surface area contributed by atoms with Gasteiger partial charge in [0.2, 0.25) is 5.91 Å². The van der Waals surface area contributed by atoms with E-state index >= 15 is 0 Å². The first-order valence-corrected chi connectivity index (χ1v) is 8.58. The standard InChI is InChI=1S/C18H28N4O/c1-21(2)14-10-8-13(9-11-14)12-22(3)18(23)17-15-6-4-5-7-16(15)19-20-17/h8-11,15-17,19-20H,4-7,12H2,1-3H3. The molecule has 5 nitrogen and oxygen atoms in total. The second-order valence-corrected chi connectivity index (χ2v) is 7.08. The molecule has 0 aromatic heterocycles. The largest absolute Gasteiger partial charge is 0.378 e. The number of likely N-dealkylation sites (N-methyl/N-ethyl adjacent to an activating group) is 1. The summed E-state index contributed by atoms with van der Waals surface area (Å²) < 4.78 is 0. The molecule has 0 radical (unpaired) electrons. The molecule has 0 bridgehead atoms. The van der Waals surface area contributed by atoms with Crippen LogP contribution < -0.4 is 15.8 Å². The summed E-state index contributed by atoms with van der Waals surface area (Å²) in [6.45, 7) is 0.655. The molecular weight excluding hydrogens is 288 g/mol. The molecule has 0 spiro atoms. The Bertz CT molecular complexity index is 542. The monoisotopic (exact) mass is 316 g/mol. The van der Waals surface area contributed by atoms with Crippen LogP contribution in [0.25, 0.3) is 0 Å². The topological polar surface area (TPSA) is 47.6 Å². The van der Waals surface area contributed by atoms with Gasteiger partial charge in [-0.1, -0.05) is 25.0 Å². The molecule has 1 saturated heterocycles. The van der Waals surface area contributed by atoms with Gasteiger partial charge in [-0.05, 0) is 30.5 Å². The quantitative estimate of drug-likeness (QED) is 0.888. The van der Waals surface area contributed by atoms with Crippen molar-refractivity contribution < 1.29 is 4.79 Å². The minimum Gasteiger partial charge on any atom is -0.378 e. The van der Waals surface area contributed by atoms with Crippen molar-refractivity contribution in [3.8, 4) is 0 Å². The van der Waals surface area contributed by atoms with Crippen LogP contribution >= 0.6 is 0 Å². The van der Waals surface area contributed by atoms with Crippen LogP contribution in [0, 0.1) is 5.92 Å². The Morgan fingerprint density at radius 3 is 2.48 bits per heavy atom. The van der Waals surface area contributed by atoms with Crippen molar-refractivity contribution >= 4 is 11.6 Å². The second kappa shape index (κ2) is 6.89. The van der Waals surface area contributed by atoms with Gasteiger partial charge >= 0.3 is 0 Å². The lowest BCUT2D eigenvalue weighted by Crippen LogP contribution is -2.46. The third kappa shape index (κ3) is 3.51. The van der Waals surface area contributed by atoms with E-state index in [0.717, 1.165) is 12.0 Å². The molecule has 1 heterocycles. The Morgan fingerprint density at radius 2 is 1.78 bits per heavy atom. The highest BCUT2D eigenvalue weighted by Crippen LogP contribution is 2.30. The van der Waals surface area contributed by atoms with Crippen molar-refractivity contribution in [3.05, 3.63) is 29.8 Å². The third-order valence-corrected chi connectivity index (χ3v) is 5.19. The van der Waals surface area contributed by atoms with Crippen LogP contribution in [0.1, 0.15) is 31.2 Å². The zero-order valence-electron chi connectivity index (χ0n) is 14.4. The van der Waals surface area contributed by atoms with Crippen molar-refractivity contribution in [3.63, 3.8) is 0 Å². The Balaban J connectivity index is 1.61. The van der Waals surface area contributed by atoms with Gasteiger partial charge in [-0.25, -0.2) is 5.43 Å². The fraction of sp³-hybridized carbons (Fsp3) is 0.611. The summed E-state index contributed by atoms with van der Waals surface area (Å²) in [7, 11) is 5.97. The number of carbonyl (C=O) groups excluding carboxylic acids is 1. The van der Waals surface area contributed by atoms with Gasteiger partial charge in [0.1, 0.15) is 6.04 Å². The van der Waals surface area contributed by atoms with Gasteiger partial charge in [0.15, 0.2) is 0 Å². The Labute approximate surface area is 139 Å². The lowest BCUT2D eigenvalue weighted by molar-refractivity contribution is -0.133. The highest BCUT2D eigenvalue weighted by molar-refractivity contribution is 5.82. The minimum atomic E-state index is -0.0775. The Kier molecular flexibility index (Phi) is 4.87. The number of benzene rings is 1. The van der Waals surface area contributed by atoms with Gasteiger partial charge in [0.05, 0.1) is 0 Å². The number of hydrogen-bond acceptors (Lipinski definition) is 4. The van der Waals surface area contributed by atoms with Crippen LogP contribution in [0.5, 0.6) is 0 Å². The highest BCUT2D eigenvalue weighted by atomic mass is 16.2. The molecule has 1 aliphatic carbocycles. The van der Waals surface area contributed by atoms with E-state index in [4.69, 9.17) is 0 Å². The van der Waals surface area contributed by atoms with E-state index in [2.05, 4.69) is 40.0 Å². The highest BCUT2D eigenvalue weighted by Gasteiger charge is 2.41. The number of fused-ring (bicyclic) bond motifs is 1. The molecule has 2 fully saturated rings. The number of hydrogen-bond donors (Lipinski definition) is 2. The van der Waals surface area contributed by atoms with Crippen molar-refractivity contribution in [2.75, 3.05) is 26.0 Å². The maximum absolute atomic E-state index is 12.8. The van der Waals surface area contributed by atoms with Gasteiger partial charge in [-0.15, -0.1) is 0 Å². The Hall–Kier alpha value is -1.59. The summed E-state index contributed by atoms with van der Waals surface area (Å²) in [6.07, 6.45) is 4.83. The predicted molar refractivity (Wildman–Crippen MR) is 93.0 cm³/mol. The summed E-state index contributed by atoms with van der Waals surface area (Å²) in [5.41, 5.74) is 8.91. The van der Waals surface area contributed by atoms with Crippen molar-refractivity contribution in [1.29, 1.82) is 0 Å². The lowest BCUT2D eigenvalue weighted by atomic mass is 9.81. The normalized spacial score (nSPS) is 26.7. The number of hydrazine groups is 1. The Morgan fingerprint density at radius 1 is 1.09 bits per heavy atom. The first kappa shape index (κ1) is 16.3. The molecule has 1 amide bonds. The smallest absolute Gasteiger partial charge is 0.241 e. The van der Waals surface area contributed by atoms with Crippen molar-refractivity contribution in [2.24, 2.45) is 5.92 Å². The fourth-order valence-corrected chi connectivity index (χ4v) is 3.78. The zero-order valence-corrected chi connectivity index (χ0v) is 14.4. The molecule has 126 valence electrons. The molecule has 2 N–H and O–H groups in total. The maximum Gasteiger partial charge on any atom is 0.241 e. The van der Waals surface area contributed by atoms with Crippen LogP contribution in [-0.4, -0.2) is 44.0 Å². The van der Waals surface area contributed by atoms with Crippen LogP contribution in [0.3, 0.4) is 0 Å². The maximum atomic E-state index is 12.8. The molecule has 3 atom stereocenters. The van der Waals surface area contributed by atoms with Gasteiger partial charge < -0.3 is 9.80 Å². The number of rotatable bonds is 4. The van der Waals surface area contributed by atoms with E-state index in [9.17, 15) is 4.79 Å². The average molecular weight is 316 g/mol. The first-order valence-electron chi connectivity index (χ1n) is 8.58. The molecule has 1 saturated carbocycles.